The van der Waals surface area contributed by atoms with Gasteiger partial charge in [0.05, 0.1) is 19.8 Å². The minimum atomic E-state index is -1.77. The number of hydrogen-bond acceptors (Lipinski definition) is 15. The van der Waals surface area contributed by atoms with Crippen molar-refractivity contribution < 1.29 is 73.8 Å². The Morgan fingerprint density at radius 1 is 0.508 bits per heavy atom. The van der Waals surface area contributed by atoms with Crippen LogP contribution in [-0.4, -0.2) is 142 Å². The fourth-order valence-corrected chi connectivity index (χ4v) is 7.50. The third-order valence-corrected chi connectivity index (χ3v) is 11.6. The number of esters is 2. The van der Waals surface area contributed by atoms with Gasteiger partial charge in [0.15, 0.2) is 18.7 Å². The number of allylic oxidation sites excluding steroid dienone is 8. The molecular formula is C50H86O15. The van der Waals surface area contributed by atoms with Crippen molar-refractivity contribution in [1.29, 1.82) is 0 Å². The second kappa shape index (κ2) is 37.4. The van der Waals surface area contributed by atoms with E-state index in [9.17, 15) is 45.3 Å². The van der Waals surface area contributed by atoms with Gasteiger partial charge in [-0.05, 0) is 51.4 Å². The number of carbonyl (C=O) groups excluding carboxylic acids is 2. The molecule has 11 atom stereocenters. The molecule has 376 valence electrons. The van der Waals surface area contributed by atoms with E-state index in [-0.39, 0.29) is 19.4 Å². The summed E-state index contributed by atoms with van der Waals surface area (Å²) in [5.74, 6) is -0.973. The molecule has 0 aliphatic carbocycles. The van der Waals surface area contributed by atoms with Gasteiger partial charge in [0.25, 0.3) is 0 Å². The fourth-order valence-electron chi connectivity index (χ4n) is 7.50. The lowest BCUT2D eigenvalue weighted by molar-refractivity contribution is -0.332. The van der Waals surface area contributed by atoms with Crippen LogP contribution in [0.3, 0.4) is 0 Å². The Labute approximate surface area is 388 Å². The van der Waals surface area contributed by atoms with Crippen LogP contribution in [0.4, 0.5) is 0 Å². The van der Waals surface area contributed by atoms with Gasteiger partial charge in [-0.3, -0.25) is 9.59 Å². The lowest BCUT2D eigenvalue weighted by Crippen LogP contribution is -2.61. The lowest BCUT2D eigenvalue weighted by Gasteiger charge is -2.42. The van der Waals surface area contributed by atoms with Gasteiger partial charge in [-0.15, -0.1) is 0 Å². The van der Waals surface area contributed by atoms with Crippen LogP contribution in [0, 0.1) is 0 Å². The van der Waals surface area contributed by atoms with E-state index >= 15 is 0 Å². The topological polar surface area (TPSA) is 231 Å². The molecule has 2 heterocycles. The average molecular weight is 927 g/mol. The van der Waals surface area contributed by atoms with E-state index < -0.39 is 99.3 Å². The number of aliphatic hydroxyl groups is 7. The second-order valence-corrected chi connectivity index (χ2v) is 17.3. The zero-order valence-corrected chi connectivity index (χ0v) is 39.5. The summed E-state index contributed by atoms with van der Waals surface area (Å²) < 4.78 is 33.5. The average Bonchev–Trinajstić information content (AvgIpc) is 3.30. The first kappa shape index (κ1) is 58.6. The van der Waals surface area contributed by atoms with Crippen LogP contribution in [0.5, 0.6) is 0 Å². The fraction of sp³-hybridized carbons (Fsp3) is 0.800. The first-order valence-corrected chi connectivity index (χ1v) is 24.7. The summed E-state index contributed by atoms with van der Waals surface area (Å²) in [6, 6.07) is 0. The third kappa shape index (κ3) is 26.0. The Morgan fingerprint density at radius 3 is 1.52 bits per heavy atom. The van der Waals surface area contributed by atoms with Crippen molar-refractivity contribution in [3.63, 3.8) is 0 Å². The first-order chi connectivity index (χ1) is 31.5. The molecule has 15 nitrogen and oxygen atoms in total. The number of ether oxygens (including phenoxy) is 6. The van der Waals surface area contributed by atoms with Gasteiger partial charge >= 0.3 is 11.9 Å². The highest BCUT2D eigenvalue weighted by Gasteiger charge is 2.47. The Balaban J connectivity index is 1.85. The molecule has 0 radical (unpaired) electrons. The van der Waals surface area contributed by atoms with Gasteiger partial charge in [-0.1, -0.05) is 146 Å². The molecule has 0 aromatic heterocycles. The van der Waals surface area contributed by atoms with E-state index in [1.807, 2.05) is 0 Å². The zero-order chi connectivity index (χ0) is 47.5. The maximum Gasteiger partial charge on any atom is 0.306 e. The van der Waals surface area contributed by atoms with Crippen LogP contribution in [-0.2, 0) is 38.0 Å². The molecule has 2 fully saturated rings. The van der Waals surface area contributed by atoms with Crippen LogP contribution < -0.4 is 0 Å². The van der Waals surface area contributed by atoms with Crippen LogP contribution >= 0.6 is 0 Å². The van der Waals surface area contributed by atoms with Gasteiger partial charge in [-0.25, -0.2) is 0 Å². The van der Waals surface area contributed by atoms with Gasteiger partial charge in [0.1, 0.15) is 55.4 Å². The van der Waals surface area contributed by atoms with Crippen molar-refractivity contribution in [3.8, 4) is 0 Å². The first-order valence-electron chi connectivity index (χ1n) is 24.7. The molecule has 2 saturated heterocycles. The molecule has 65 heavy (non-hydrogen) atoms. The van der Waals surface area contributed by atoms with Gasteiger partial charge in [0.2, 0.25) is 0 Å². The Hall–Kier alpha value is -2.54. The number of hydrogen-bond donors (Lipinski definition) is 7. The molecule has 0 saturated carbocycles. The van der Waals surface area contributed by atoms with Crippen molar-refractivity contribution in [1.82, 2.24) is 0 Å². The molecule has 0 bridgehead atoms. The molecule has 2 aliphatic heterocycles. The highest BCUT2D eigenvalue weighted by atomic mass is 16.7. The largest absolute Gasteiger partial charge is 0.462 e. The molecule has 0 spiro atoms. The normalized spacial score (nSPS) is 26.8. The van der Waals surface area contributed by atoms with E-state index in [0.717, 1.165) is 57.8 Å². The summed E-state index contributed by atoms with van der Waals surface area (Å²) in [4.78, 5) is 25.7. The zero-order valence-electron chi connectivity index (χ0n) is 39.5. The summed E-state index contributed by atoms with van der Waals surface area (Å²) in [5.41, 5.74) is 0. The molecule has 0 aromatic rings. The van der Waals surface area contributed by atoms with E-state index in [2.05, 4.69) is 62.5 Å². The maximum atomic E-state index is 13.0. The Morgan fingerprint density at radius 2 is 0.969 bits per heavy atom. The Bertz CT molecular complexity index is 1320. The van der Waals surface area contributed by atoms with Crippen molar-refractivity contribution >= 4 is 11.9 Å². The van der Waals surface area contributed by atoms with E-state index in [1.54, 1.807) is 0 Å². The van der Waals surface area contributed by atoms with Crippen molar-refractivity contribution in [3.05, 3.63) is 48.6 Å². The highest BCUT2D eigenvalue weighted by molar-refractivity contribution is 5.70. The minimum absolute atomic E-state index is 0.113. The molecule has 11 unspecified atom stereocenters. The van der Waals surface area contributed by atoms with Crippen LogP contribution in [0.1, 0.15) is 162 Å². The predicted octanol–water partition coefficient (Wildman–Crippen LogP) is 6.32. The molecule has 2 rings (SSSR count). The predicted molar refractivity (Wildman–Crippen MR) is 247 cm³/mol. The summed E-state index contributed by atoms with van der Waals surface area (Å²) in [5, 5.41) is 72.0. The van der Waals surface area contributed by atoms with E-state index in [4.69, 9.17) is 28.4 Å². The lowest BCUT2D eigenvalue weighted by atomic mass is 9.98. The summed E-state index contributed by atoms with van der Waals surface area (Å²) in [6.45, 7) is 2.42. The number of aliphatic hydroxyl groups excluding tert-OH is 7. The van der Waals surface area contributed by atoms with Crippen LogP contribution in [0.15, 0.2) is 48.6 Å². The van der Waals surface area contributed by atoms with Crippen LogP contribution in [0.25, 0.3) is 0 Å². The molecule has 0 amide bonds. The van der Waals surface area contributed by atoms with Crippen LogP contribution in [0.2, 0.25) is 0 Å². The Kier molecular flexibility index (Phi) is 33.7. The second-order valence-electron chi connectivity index (χ2n) is 17.3. The molecule has 0 aromatic carbocycles. The molecule has 7 N–H and O–H groups in total. The molecular weight excluding hydrogens is 841 g/mol. The smallest absolute Gasteiger partial charge is 0.306 e. The summed E-state index contributed by atoms with van der Waals surface area (Å²) >= 11 is 0. The monoisotopic (exact) mass is 927 g/mol. The standard InChI is InChI=1S/C50H86O15/c1-3-5-7-9-11-13-15-17-19-21-23-25-27-29-31-33-42(53)63-38(35-60-41(52)32-30-28-26-24-22-20-18-16-14-12-10-8-6-4-2)36-61-49-48(59)46(57)44(55)40(65-49)37-62-50-47(58)45(56)43(54)39(34-51)64-50/h5,7,11,13,17,19,23,25,38-40,43-51,54-59H,3-4,6,8-10,12,14-16,18,20-22,24,26-37H2,1-2H3/b7-5-,13-11-,19-17-,25-23-. The van der Waals surface area contributed by atoms with Crippen molar-refractivity contribution in [2.24, 2.45) is 0 Å². The quantitative estimate of drug-likeness (QED) is 0.0205. The number of unbranched alkanes of at least 4 members (excludes halogenated alkanes) is 15. The molecule has 2 aliphatic rings. The van der Waals surface area contributed by atoms with E-state index in [1.165, 1.54) is 64.2 Å². The minimum Gasteiger partial charge on any atom is -0.462 e. The van der Waals surface area contributed by atoms with Gasteiger partial charge in [0, 0.05) is 12.8 Å². The van der Waals surface area contributed by atoms with Crippen molar-refractivity contribution in [2.45, 2.75) is 229 Å². The summed E-state index contributed by atoms with van der Waals surface area (Å²) in [6.07, 6.45) is 22.9. The maximum absolute atomic E-state index is 13.0. The SMILES string of the molecule is CC/C=C\C/C=C\C/C=C\C/C=C\CCCCC(=O)OC(COC(=O)CCCCCCCCCCCCCCCC)COC1OC(COC2OC(CO)C(O)C(O)C2O)C(O)C(O)C1O. The summed E-state index contributed by atoms with van der Waals surface area (Å²) in [7, 11) is 0. The van der Waals surface area contributed by atoms with E-state index in [0.29, 0.717) is 12.8 Å². The van der Waals surface area contributed by atoms with Crippen molar-refractivity contribution in [2.75, 3.05) is 26.4 Å². The number of rotatable bonds is 37. The third-order valence-electron chi connectivity index (χ3n) is 11.6. The van der Waals surface area contributed by atoms with Gasteiger partial charge in [-0.2, -0.15) is 0 Å². The highest BCUT2D eigenvalue weighted by Crippen LogP contribution is 2.26. The number of carbonyl (C=O) groups is 2. The van der Waals surface area contributed by atoms with Gasteiger partial charge < -0.3 is 64.2 Å². The molecule has 15 heteroatoms.